The molecule has 2 atom stereocenters. The Kier molecular flexibility index (Phi) is 6.63. The summed E-state index contributed by atoms with van der Waals surface area (Å²) in [4.78, 5) is 0. The van der Waals surface area contributed by atoms with E-state index in [4.69, 9.17) is 27.9 Å². The van der Waals surface area contributed by atoms with Gasteiger partial charge in [0.25, 0.3) is 0 Å². The fourth-order valence-corrected chi connectivity index (χ4v) is 3.23. The Labute approximate surface area is 131 Å². The van der Waals surface area contributed by atoms with Crippen molar-refractivity contribution in [3.8, 4) is 0 Å². The van der Waals surface area contributed by atoms with Gasteiger partial charge in [-0.05, 0) is 50.3 Å². The number of nitrogens with one attached hydrogen (secondary N) is 1. The predicted molar refractivity (Wildman–Crippen MR) is 85.7 cm³/mol. The Morgan fingerprint density at radius 3 is 2.90 bits per heavy atom. The van der Waals surface area contributed by atoms with Crippen molar-refractivity contribution in [3.63, 3.8) is 0 Å². The van der Waals surface area contributed by atoms with Crippen LogP contribution in [-0.2, 0) is 4.74 Å². The lowest BCUT2D eigenvalue weighted by Gasteiger charge is -2.26. The van der Waals surface area contributed by atoms with Crippen LogP contribution in [0.1, 0.15) is 50.6 Å². The van der Waals surface area contributed by atoms with Crippen LogP contribution in [-0.4, -0.2) is 19.3 Å². The van der Waals surface area contributed by atoms with Gasteiger partial charge in [-0.1, -0.05) is 42.3 Å². The third-order valence-electron chi connectivity index (χ3n) is 3.86. The van der Waals surface area contributed by atoms with Gasteiger partial charge < -0.3 is 10.1 Å². The third-order valence-corrected chi connectivity index (χ3v) is 4.69. The Hall–Kier alpha value is -0.280. The first-order chi connectivity index (χ1) is 9.72. The van der Waals surface area contributed by atoms with Crippen molar-refractivity contribution in [1.29, 1.82) is 0 Å². The van der Waals surface area contributed by atoms with Crippen molar-refractivity contribution in [2.45, 2.75) is 51.2 Å². The standard InChI is InChI=1S/C16H23Cl2NO/c1-2-19-15(10-9-12-6-3-4-11-20-12)13-7-5-8-14(17)16(13)18/h5,7-8,12,15,19H,2-4,6,9-11H2,1H3. The number of ether oxygens (including phenoxy) is 1. The topological polar surface area (TPSA) is 21.3 Å². The number of rotatable bonds is 6. The fourth-order valence-electron chi connectivity index (χ4n) is 2.79. The maximum Gasteiger partial charge on any atom is 0.0640 e. The summed E-state index contributed by atoms with van der Waals surface area (Å²) in [6, 6.07) is 6.10. The van der Waals surface area contributed by atoms with E-state index in [1.807, 2.05) is 12.1 Å². The van der Waals surface area contributed by atoms with Gasteiger partial charge >= 0.3 is 0 Å². The maximum atomic E-state index is 6.34. The summed E-state index contributed by atoms with van der Waals surface area (Å²) in [6.45, 7) is 3.94. The highest BCUT2D eigenvalue weighted by atomic mass is 35.5. The Morgan fingerprint density at radius 2 is 2.20 bits per heavy atom. The van der Waals surface area contributed by atoms with Gasteiger partial charge in [-0.25, -0.2) is 0 Å². The average Bonchev–Trinajstić information content (AvgIpc) is 2.48. The summed E-state index contributed by atoms with van der Waals surface area (Å²) >= 11 is 12.5. The number of hydrogen-bond donors (Lipinski definition) is 1. The van der Waals surface area contributed by atoms with Crippen LogP contribution < -0.4 is 5.32 Å². The van der Waals surface area contributed by atoms with Crippen molar-refractivity contribution >= 4 is 23.2 Å². The van der Waals surface area contributed by atoms with Crippen molar-refractivity contribution in [3.05, 3.63) is 33.8 Å². The SMILES string of the molecule is CCNC(CCC1CCCCO1)c1cccc(Cl)c1Cl. The average molecular weight is 316 g/mol. The maximum absolute atomic E-state index is 6.34. The molecule has 1 aromatic rings. The zero-order chi connectivity index (χ0) is 14.4. The largest absolute Gasteiger partial charge is 0.378 e. The third kappa shape index (κ3) is 4.36. The molecule has 1 aromatic carbocycles. The molecule has 0 spiro atoms. The molecule has 0 radical (unpaired) electrons. The summed E-state index contributed by atoms with van der Waals surface area (Å²) in [5.41, 5.74) is 1.09. The fraction of sp³-hybridized carbons (Fsp3) is 0.625. The summed E-state index contributed by atoms with van der Waals surface area (Å²) < 4.78 is 5.81. The van der Waals surface area contributed by atoms with Crippen LogP contribution in [0, 0.1) is 0 Å². The van der Waals surface area contributed by atoms with Gasteiger partial charge in [-0.2, -0.15) is 0 Å². The zero-order valence-corrected chi connectivity index (χ0v) is 13.5. The van der Waals surface area contributed by atoms with Crippen LogP contribution in [0.25, 0.3) is 0 Å². The molecule has 0 amide bonds. The highest BCUT2D eigenvalue weighted by Crippen LogP contribution is 2.32. The molecule has 0 saturated carbocycles. The minimum absolute atomic E-state index is 0.247. The quantitative estimate of drug-likeness (QED) is 0.798. The molecular weight excluding hydrogens is 293 g/mol. The van der Waals surface area contributed by atoms with Crippen LogP contribution in [0.4, 0.5) is 0 Å². The summed E-state index contributed by atoms with van der Waals surface area (Å²) in [6.07, 6.45) is 6.17. The summed E-state index contributed by atoms with van der Waals surface area (Å²) in [7, 11) is 0. The highest BCUT2D eigenvalue weighted by molar-refractivity contribution is 6.42. The van der Waals surface area contributed by atoms with E-state index in [9.17, 15) is 0 Å². The molecule has 1 fully saturated rings. The predicted octanol–water partition coefficient (Wildman–Crippen LogP) is 4.99. The number of benzene rings is 1. The summed E-state index contributed by atoms with van der Waals surface area (Å²) in [5, 5.41) is 4.80. The van der Waals surface area contributed by atoms with Crippen molar-refractivity contribution in [1.82, 2.24) is 5.32 Å². The molecule has 4 heteroatoms. The van der Waals surface area contributed by atoms with Crippen molar-refractivity contribution in [2.75, 3.05) is 13.2 Å². The Balaban J connectivity index is 2.00. The first kappa shape index (κ1) is 16.1. The van der Waals surface area contributed by atoms with Crippen LogP contribution in [0.5, 0.6) is 0 Å². The van der Waals surface area contributed by atoms with E-state index in [2.05, 4.69) is 18.3 Å². The second-order valence-electron chi connectivity index (χ2n) is 5.32. The minimum Gasteiger partial charge on any atom is -0.378 e. The second kappa shape index (κ2) is 8.23. The van der Waals surface area contributed by atoms with Crippen molar-refractivity contribution in [2.24, 2.45) is 0 Å². The molecule has 1 aliphatic rings. The van der Waals surface area contributed by atoms with Gasteiger partial charge in [-0.15, -0.1) is 0 Å². The van der Waals surface area contributed by atoms with Gasteiger partial charge in [0.05, 0.1) is 16.1 Å². The Morgan fingerprint density at radius 1 is 1.35 bits per heavy atom. The molecule has 20 heavy (non-hydrogen) atoms. The smallest absolute Gasteiger partial charge is 0.0640 e. The van der Waals surface area contributed by atoms with Crippen LogP contribution in [0.15, 0.2) is 18.2 Å². The Bertz CT molecular complexity index is 419. The number of hydrogen-bond acceptors (Lipinski definition) is 2. The van der Waals surface area contributed by atoms with E-state index in [0.717, 1.165) is 31.6 Å². The van der Waals surface area contributed by atoms with Gasteiger partial charge in [0.2, 0.25) is 0 Å². The molecule has 0 aromatic heterocycles. The minimum atomic E-state index is 0.247. The lowest BCUT2D eigenvalue weighted by Crippen LogP contribution is -2.25. The summed E-state index contributed by atoms with van der Waals surface area (Å²) in [5.74, 6) is 0. The van der Waals surface area contributed by atoms with E-state index in [0.29, 0.717) is 16.1 Å². The van der Waals surface area contributed by atoms with E-state index < -0.39 is 0 Å². The van der Waals surface area contributed by atoms with Gasteiger partial charge in [0.1, 0.15) is 0 Å². The molecule has 2 unspecified atom stereocenters. The first-order valence-electron chi connectivity index (χ1n) is 7.51. The molecule has 1 heterocycles. The first-order valence-corrected chi connectivity index (χ1v) is 8.27. The molecular formula is C16H23Cl2NO. The molecule has 2 rings (SSSR count). The monoisotopic (exact) mass is 315 g/mol. The van der Waals surface area contributed by atoms with E-state index in [1.54, 1.807) is 0 Å². The molecule has 0 bridgehead atoms. The van der Waals surface area contributed by atoms with E-state index in [1.165, 1.54) is 19.3 Å². The van der Waals surface area contributed by atoms with Gasteiger partial charge in [0.15, 0.2) is 0 Å². The molecule has 1 N–H and O–H groups in total. The van der Waals surface area contributed by atoms with Gasteiger partial charge in [0, 0.05) is 12.6 Å². The highest BCUT2D eigenvalue weighted by Gasteiger charge is 2.19. The van der Waals surface area contributed by atoms with Gasteiger partial charge in [-0.3, -0.25) is 0 Å². The molecule has 0 aliphatic carbocycles. The lowest BCUT2D eigenvalue weighted by molar-refractivity contribution is 0.00857. The van der Waals surface area contributed by atoms with Crippen molar-refractivity contribution < 1.29 is 4.74 Å². The molecule has 1 aliphatic heterocycles. The van der Waals surface area contributed by atoms with Crippen LogP contribution in [0.3, 0.4) is 0 Å². The van der Waals surface area contributed by atoms with E-state index >= 15 is 0 Å². The second-order valence-corrected chi connectivity index (χ2v) is 6.10. The zero-order valence-electron chi connectivity index (χ0n) is 12.0. The molecule has 2 nitrogen and oxygen atoms in total. The molecule has 112 valence electrons. The number of halogens is 2. The van der Waals surface area contributed by atoms with E-state index in [-0.39, 0.29) is 6.04 Å². The molecule has 1 saturated heterocycles. The lowest BCUT2D eigenvalue weighted by atomic mass is 9.97. The normalized spacial score (nSPS) is 20.9. The van der Waals surface area contributed by atoms with Crippen LogP contribution >= 0.6 is 23.2 Å². The van der Waals surface area contributed by atoms with Crippen LogP contribution in [0.2, 0.25) is 10.0 Å².